The summed E-state index contributed by atoms with van der Waals surface area (Å²) < 4.78 is 27.3. The molecule has 1 aromatic carbocycles. The van der Waals surface area contributed by atoms with Crippen LogP contribution in [0, 0.1) is 13.8 Å². The molecule has 1 atom stereocenters. The first-order chi connectivity index (χ1) is 8.89. The van der Waals surface area contributed by atoms with E-state index in [4.69, 9.17) is 5.73 Å². The molecule has 0 bridgehead atoms. The molecule has 0 aromatic heterocycles. The summed E-state index contributed by atoms with van der Waals surface area (Å²) in [5, 5.41) is 0. The average molecular weight is 282 g/mol. The maximum absolute atomic E-state index is 12.8. The van der Waals surface area contributed by atoms with Gasteiger partial charge >= 0.3 is 0 Å². The van der Waals surface area contributed by atoms with E-state index in [1.165, 1.54) is 0 Å². The Morgan fingerprint density at radius 1 is 1.37 bits per heavy atom. The van der Waals surface area contributed by atoms with Crippen LogP contribution in [0.4, 0.5) is 5.69 Å². The summed E-state index contributed by atoms with van der Waals surface area (Å²) in [6.45, 7) is 6.38. The fourth-order valence-electron chi connectivity index (χ4n) is 2.80. The maximum Gasteiger partial charge on any atom is 0.245 e. The minimum absolute atomic E-state index is 0.115. The van der Waals surface area contributed by atoms with Crippen molar-refractivity contribution in [1.82, 2.24) is 4.31 Å². The van der Waals surface area contributed by atoms with E-state index < -0.39 is 10.0 Å². The van der Waals surface area contributed by atoms with Crippen LogP contribution in [0.1, 0.15) is 37.3 Å². The first kappa shape index (κ1) is 14.3. The zero-order valence-electron chi connectivity index (χ0n) is 11.8. The molecule has 5 heteroatoms. The summed E-state index contributed by atoms with van der Waals surface area (Å²) >= 11 is 0. The Balaban J connectivity index is 2.54. The van der Waals surface area contributed by atoms with E-state index in [0.29, 0.717) is 17.1 Å². The monoisotopic (exact) mass is 282 g/mol. The van der Waals surface area contributed by atoms with Crippen LogP contribution in [0.3, 0.4) is 0 Å². The summed E-state index contributed by atoms with van der Waals surface area (Å²) in [6, 6.07) is 3.67. The molecule has 1 saturated heterocycles. The zero-order chi connectivity index (χ0) is 14.2. The normalized spacial score (nSPS) is 20.9. The Bertz CT molecular complexity index is 581. The van der Waals surface area contributed by atoms with E-state index in [-0.39, 0.29) is 6.04 Å². The predicted octanol–water partition coefficient (Wildman–Crippen LogP) is 2.45. The molecule has 2 N–H and O–H groups in total. The lowest BCUT2D eigenvalue weighted by molar-refractivity contribution is 0.379. The third-order valence-corrected chi connectivity index (χ3v) is 6.22. The number of nitrogens with two attached hydrogens (primary N) is 1. The molecule has 0 aliphatic carbocycles. The van der Waals surface area contributed by atoms with Gasteiger partial charge in [0.25, 0.3) is 0 Å². The second kappa shape index (κ2) is 5.13. The fraction of sp³-hybridized carbons (Fsp3) is 0.571. The molecular weight excluding hydrogens is 260 g/mol. The number of benzene rings is 1. The number of rotatable bonds is 3. The number of sulfonamides is 1. The van der Waals surface area contributed by atoms with Gasteiger partial charge in [0.2, 0.25) is 10.0 Å². The largest absolute Gasteiger partial charge is 0.398 e. The highest BCUT2D eigenvalue weighted by molar-refractivity contribution is 7.89. The molecule has 4 nitrogen and oxygen atoms in total. The molecule has 19 heavy (non-hydrogen) atoms. The summed E-state index contributed by atoms with van der Waals surface area (Å²) in [4.78, 5) is 0.299. The van der Waals surface area contributed by atoms with Crippen LogP contribution in [0.15, 0.2) is 17.0 Å². The zero-order valence-corrected chi connectivity index (χ0v) is 12.6. The Kier molecular flexibility index (Phi) is 3.87. The number of anilines is 1. The van der Waals surface area contributed by atoms with Crippen molar-refractivity contribution >= 4 is 15.7 Å². The second-order valence-corrected chi connectivity index (χ2v) is 7.07. The van der Waals surface area contributed by atoms with Crippen LogP contribution in [-0.4, -0.2) is 25.3 Å². The molecule has 0 radical (unpaired) electrons. The molecule has 1 aromatic rings. The molecule has 1 fully saturated rings. The minimum Gasteiger partial charge on any atom is -0.398 e. The van der Waals surface area contributed by atoms with Crippen LogP contribution in [0.2, 0.25) is 0 Å². The van der Waals surface area contributed by atoms with Crippen molar-refractivity contribution in [3.8, 4) is 0 Å². The Morgan fingerprint density at radius 2 is 2.05 bits per heavy atom. The second-order valence-electron chi connectivity index (χ2n) is 5.25. The van der Waals surface area contributed by atoms with Gasteiger partial charge in [-0.25, -0.2) is 8.42 Å². The Hall–Kier alpha value is -1.07. The van der Waals surface area contributed by atoms with Gasteiger partial charge in [-0.15, -0.1) is 0 Å². The molecule has 1 heterocycles. The van der Waals surface area contributed by atoms with Gasteiger partial charge in [-0.2, -0.15) is 4.31 Å². The summed E-state index contributed by atoms with van der Waals surface area (Å²) in [6.07, 6.45) is 2.73. The van der Waals surface area contributed by atoms with Crippen LogP contribution in [-0.2, 0) is 10.0 Å². The maximum atomic E-state index is 12.8. The molecule has 0 saturated carbocycles. The quantitative estimate of drug-likeness (QED) is 0.866. The summed E-state index contributed by atoms with van der Waals surface area (Å²) in [5.41, 5.74) is 8.00. The van der Waals surface area contributed by atoms with Crippen molar-refractivity contribution in [2.45, 2.75) is 51.0 Å². The van der Waals surface area contributed by atoms with Crippen LogP contribution in [0.5, 0.6) is 0 Å². The standard InChI is InChI=1S/C14H22N2O2S/c1-4-12-6-5-9-16(12)19(17,18)14-11(3)10(2)7-8-13(14)15/h7-8,12H,4-6,9,15H2,1-3H3. The SMILES string of the molecule is CCC1CCCN1S(=O)(=O)c1c(N)ccc(C)c1C. The predicted molar refractivity (Wildman–Crippen MR) is 77.5 cm³/mol. The molecular formula is C14H22N2O2S. The van der Waals surface area contributed by atoms with Gasteiger partial charge in [-0.1, -0.05) is 13.0 Å². The highest BCUT2D eigenvalue weighted by atomic mass is 32.2. The van der Waals surface area contributed by atoms with Crippen molar-refractivity contribution in [1.29, 1.82) is 0 Å². The molecule has 1 aliphatic rings. The number of hydrogen-bond donors (Lipinski definition) is 1. The van der Waals surface area contributed by atoms with E-state index in [1.54, 1.807) is 10.4 Å². The van der Waals surface area contributed by atoms with Gasteiger partial charge in [0.1, 0.15) is 4.90 Å². The number of nitrogen functional groups attached to an aromatic ring is 1. The van der Waals surface area contributed by atoms with Gasteiger partial charge < -0.3 is 5.73 Å². The number of nitrogens with zero attached hydrogens (tertiary/aromatic N) is 1. The Morgan fingerprint density at radius 3 is 2.68 bits per heavy atom. The third-order valence-electron chi connectivity index (χ3n) is 4.07. The molecule has 1 unspecified atom stereocenters. The molecule has 0 spiro atoms. The minimum atomic E-state index is -3.48. The van der Waals surface area contributed by atoms with Gasteiger partial charge in [-0.05, 0) is 50.3 Å². The van der Waals surface area contributed by atoms with Crippen LogP contribution >= 0.6 is 0 Å². The van der Waals surface area contributed by atoms with Crippen molar-refractivity contribution in [2.75, 3.05) is 12.3 Å². The summed E-state index contributed by atoms with van der Waals surface area (Å²) in [5.74, 6) is 0. The number of aryl methyl sites for hydroxylation is 1. The van der Waals surface area contributed by atoms with E-state index in [2.05, 4.69) is 0 Å². The topological polar surface area (TPSA) is 63.4 Å². The van der Waals surface area contributed by atoms with E-state index in [0.717, 1.165) is 30.4 Å². The van der Waals surface area contributed by atoms with Crippen molar-refractivity contribution in [3.05, 3.63) is 23.3 Å². The fourth-order valence-corrected chi connectivity index (χ4v) is 4.97. The first-order valence-electron chi connectivity index (χ1n) is 6.77. The van der Waals surface area contributed by atoms with Gasteiger partial charge in [0.15, 0.2) is 0 Å². The van der Waals surface area contributed by atoms with Gasteiger partial charge in [-0.3, -0.25) is 0 Å². The van der Waals surface area contributed by atoms with E-state index in [1.807, 2.05) is 26.8 Å². The smallest absolute Gasteiger partial charge is 0.245 e. The first-order valence-corrected chi connectivity index (χ1v) is 8.21. The lowest BCUT2D eigenvalue weighted by Crippen LogP contribution is -2.36. The van der Waals surface area contributed by atoms with E-state index in [9.17, 15) is 8.42 Å². The van der Waals surface area contributed by atoms with Crippen LogP contribution < -0.4 is 5.73 Å². The van der Waals surface area contributed by atoms with Crippen molar-refractivity contribution in [2.24, 2.45) is 0 Å². The highest BCUT2D eigenvalue weighted by Crippen LogP contribution is 2.33. The third kappa shape index (κ3) is 2.37. The van der Waals surface area contributed by atoms with Gasteiger partial charge in [0, 0.05) is 12.6 Å². The molecule has 2 rings (SSSR count). The molecule has 0 amide bonds. The van der Waals surface area contributed by atoms with Crippen molar-refractivity contribution < 1.29 is 8.42 Å². The lowest BCUT2D eigenvalue weighted by atomic mass is 10.1. The summed E-state index contributed by atoms with van der Waals surface area (Å²) in [7, 11) is -3.48. The van der Waals surface area contributed by atoms with Gasteiger partial charge in [0.05, 0.1) is 5.69 Å². The molecule has 106 valence electrons. The highest BCUT2D eigenvalue weighted by Gasteiger charge is 2.36. The average Bonchev–Trinajstić information content (AvgIpc) is 2.83. The number of hydrogen-bond acceptors (Lipinski definition) is 3. The Labute approximate surface area is 115 Å². The van der Waals surface area contributed by atoms with Crippen LogP contribution in [0.25, 0.3) is 0 Å². The lowest BCUT2D eigenvalue weighted by Gasteiger charge is -2.25. The van der Waals surface area contributed by atoms with E-state index >= 15 is 0 Å². The molecule has 1 aliphatic heterocycles. The van der Waals surface area contributed by atoms with Crippen molar-refractivity contribution in [3.63, 3.8) is 0 Å².